The zero-order valence-corrected chi connectivity index (χ0v) is 14.6. The first-order chi connectivity index (χ1) is 10.5. The van der Waals surface area contributed by atoms with Gasteiger partial charge in [-0.25, -0.2) is 0 Å². The maximum atomic E-state index is 10.7. The zero-order valence-electron chi connectivity index (χ0n) is 14.6. The van der Waals surface area contributed by atoms with E-state index in [1.165, 1.54) is 71.1 Å². The molecule has 0 atom stereocenters. The lowest BCUT2D eigenvalue weighted by atomic mass is 10.0. The highest BCUT2D eigenvalue weighted by molar-refractivity contribution is 5.66. The molecule has 0 heterocycles. The van der Waals surface area contributed by atoms with Gasteiger partial charge in [0.05, 0.1) is 0 Å². The fraction of sp³-hybridized carbons (Fsp3) is 0.944. The van der Waals surface area contributed by atoms with Crippen molar-refractivity contribution in [2.45, 2.75) is 110 Å². The number of aliphatic hydroxyl groups is 2. The predicted molar refractivity (Wildman–Crippen MR) is 89.2 cm³/mol. The number of rotatable bonds is 15. The van der Waals surface area contributed by atoms with Crippen LogP contribution in [0.2, 0.25) is 0 Å². The van der Waals surface area contributed by atoms with E-state index in [4.69, 9.17) is 0 Å². The molecular formula is C18H36O4. The van der Waals surface area contributed by atoms with E-state index in [0.717, 1.165) is 12.8 Å². The van der Waals surface area contributed by atoms with Crippen molar-refractivity contribution in [1.82, 2.24) is 0 Å². The van der Waals surface area contributed by atoms with Gasteiger partial charge in [0.25, 0.3) is 0 Å². The molecule has 0 saturated carbocycles. The minimum Gasteiger partial charge on any atom is -0.408 e. The molecule has 0 aliphatic heterocycles. The van der Waals surface area contributed by atoms with E-state index in [2.05, 4.69) is 11.7 Å². The van der Waals surface area contributed by atoms with Crippen LogP contribution in [0.1, 0.15) is 104 Å². The SMILES string of the molecule is CCCCCCCCCCCCCCCC(O)(O)OC(C)=O. The Morgan fingerprint density at radius 1 is 0.773 bits per heavy atom. The topological polar surface area (TPSA) is 66.8 Å². The zero-order chi connectivity index (χ0) is 16.7. The molecule has 132 valence electrons. The Morgan fingerprint density at radius 2 is 1.14 bits per heavy atom. The van der Waals surface area contributed by atoms with Gasteiger partial charge in [-0.1, -0.05) is 84.0 Å². The van der Waals surface area contributed by atoms with Gasteiger partial charge in [0.2, 0.25) is 0 Å². The summed E-state index contributed by atoms with van der Waals surface area (Å²) in [6.07, 6.45) is 16.1. The van der Waals surface area contributed by atoms with E-state index < -0.39 is 11.9 Å². The molecule has 0 unspecified atom stereocenters. The number of hydrogen-bond donors (Lipinski definition) is 2. The first-order valence-corrected chi connectivity index (χ1v) is 9.12. The van der Waals surface area contributed by atoms with Crippen LogP contribution in [0.3, 0.4) is 0 Å². The maximum Gasteiger partial charge on any atom is 0.324 e. The lowest BCUT2D eigenvalue weighted by Gasteiger charge is -2.20. The molecule has 0 aromatic rings. The van der Waals surface area contributed by atoms with Crippen molar-refractivity contribution in [1.29, 1.82) is 0 Å². The van der Waals surface area contributed by atoms with Crippen LogP contribution < -0.4 is 0 Å². The van der Waals surface area contributed by atoms with Crippen molar-refractivity contribution >= 4 is 5.97 Å². The van der Waals surface area contributed by atoms with Crippen LogP contribution in [0, 0.1) is 0 Å². The van der Waals surface area contributed by atoms with Crippen molar-refractivity contribution < 1.29 is 19.7 Å². The fourth-order valence-corrected chi connectivity index (χ4v) is 2.65. The normalized spacial score (nSPS) is 11.6. The molecule has 0 aromatic heterocycles. The van der Waals surface area contributed by atoms with Crippen LogP contribution >= 0.6 is 0 Å². The van der Waals surface area contributed by atoms with Crippen molar-refractivity contribution in [3.63, 3.8) is 0 Å². The van der Waals surface area contributed by atoms with Crippen LogP contribution in [-0.2, 0) is 9.53 Å². The number of unbranched alkanes of at least 4 members (excludes halogenated alkanes) is 12. The molecule has 0 aromatic carbocycles. The lowest BCUT2D eigenvalue weighted by Crippen LogP contribution is -2.33. The Bertz CT molecular complexity index is 264. The van der Waals surface area contributed by atoms with E-state index >= 15 is 0 Å². The van der Waals surface area contributed by atoms with Crippen LogP contribution in [0.4, 0.5) is 0 Å². The summed E-state index contributed by atoms with van der Waals surface area (Å²) >= 11 is 0. The second kappa shape index (κ2) is 14.0. The second-order valence-electron chi connectivity index (χ2n) is 6.33. The average molecular weight is 316 g/mol. The number of ether oxygens (including phenoxy) is 1. The third-order valence-electron chi connectivity index (χ3n) is 3.91. The molecule has 4 nitrogen and oxygen atoms in total. The Labute approximate surface area is 136 Å². The smallest absolute Gasteiger partial charge is 0.324 e. The molecule has 0 aliphatic rings. The van der Waals surface area contributed by atoms with Gasteiger partial charge in [-0.3, -0.25) is 4.79 Å². The van der Waals surface area contributed by atoms with Crippen LogP contribution in [0.25, 0.3) is 0 Å². The molecule has 0 fully saturated rings. The summed E-state index contributed by atoms with van der Waals surface area (Å²) in [5.41, 5.74) is 0. The lowest BCUT2D eigenvalue weighted by molar-refractivity contribution is -0.321. The van der Waals surface area contributed by atoms with Gasteiger partial charge >= 0.3 is 11.9 Å². The quantitative estimate of drug-likeness (QED) is 0.262. The minimum absolute atomic E-state index is 0.0876. The van der Waals surface area contributed by atoms with Crippen molar-refractivity contribution in [2.24, 2.45) is 0 Å². The van der Waals surface area contributed by atoms with Crippen LogP contribution in [-0.4, -0.2) is 22.2 Å². The van der Waals surface area contributed by atoms with Crippen LogP contribution in [0.15, 0.2) is 0 Å². The molecule has 0 radical (unpaired) electrons. The Balaban J connectivity index is 3.22. The van der Waals surface area contributed by atoms with Crippen molar-refractivity contribution in [3.8, 4) is 0 Å². The molecule has 4 heteroatoms. The van der Waals surface area contributed by atoms with Gasteiger partial charge in [0.1, 0.15) is 0 Å². The van der Waals surface area contributed by atoms with E-state index in [9.17, 15) is 15.0 Å². The van der Waals surface area contributed by atoms with Gasteiger partial charge in [-0.05, 0) is 6.42 Å². The van der Waals surface area contributed by atoms with Gasteiger partial charge in [0.15, 0.2) is 0 Å². The van der Waals surface area contributed by atoms with E-state index in [1.54, 1.807) is 0 Å². The molecular weight excluding hydrogens is 280 g/mol. The second-order valence-corrected chi connectivity index (χ2v) is 6.33. The number of carbonyl (C=O) groups is 1. The minimum atomic E-state index is -2.29. The highest BCUT2D eigenvalue weighted by Gasteiger charge is 2.25. The largest absolute Gasteiger partial charge is 0.408 e. The van der Waals surface area contributed by atoms with E-state index in [1.807, 2.05) is 0 Å². The molecule has 2 N–H and O–H groups in total. The third-order valence-corrected chi connectivity index (χ3v) is 3.91. The maximum absolute atomic E-state index is 10.7. The first kappa shape index (κ1) is 21.4. The van der Waals surface area contributed by atoms with Gasteiger partial charge in [-0.2, -0.15) is 0 Å². The van der Waals surface area contributed by atoms with E-state index in [0.29, 0.717) is 6.42 Å². The summed E-state index contributed by atoms with van der Waals surface area (Å²) in [7, 11) is 0. The summed E-state index contributed by atoms with van der Waals surface area (Å²) in [6.45, 7) is 3.42. The molecule has 0 spiro atoms. The summed E-state index contributed by atoms with van der Waals surface area (Å²) in [6, 6.07) is 0. The molecule has 0 aliphatic carbocycles. The number of esters is 1. The summed E-state index contributed by atoms with van der Waals surface area (Å²) in [4.78, 5) is 10.7. The molecule has 0 bridgehead atoms. The third kappa shape index (κ3) is 15.8. The van der Waals surface area contributed by atoms with E-state index in [-0.39, 0.29) is 6.42 Å². The highest BCUT2D eigenvalue weighted by atomic mass is 16.8. The van der Waals surface area contributed by atoms with Gasteiger partial charge in [0, 0.05) is 13.3 Å². The van der Waals surface area contributed by atoms with Gasteiger partial charge in [-0.15, -0.1) is 0 Å². The summed E-state index contributed by atoms with van der Waals surface area (Å²) in [5, 5.41) is 18.7. The molecule has 22 heavy (non-hydrogen) atoms. The Hall–Kier alpha value is -0.610. The first-order valence-electron chi connectivity index (χ1n) is 9.12. The average Bonchev–Trinajstić information content (AvgIpc) is 2.42. The Morgan fingerprint density at radius 3 is 1.50 bits per heavy atom. The highest BCUT2D eigenvalue weighted by Crippen LogP contribution is 2.16. The summed E-state index contributed by atoms with van der Waals surface area (Å²) in [5.74, 6) is -2.96. The molecule has 0 amide bonds. The fourth-order valence-electron chi connectivity index (χ4n) is 2.65. The Kier molecular flexibility index (Phi) is 13.6. The predicted octanol–water partition coefficient (Wildman–Crippen LogP) is 4.67. The molecule has 0 rings (SSSR count). The summed E-state index contributed by atoms with van der Waals surface area (Å²) < 4.78 is 4.42. The van der Waals surface area contributed by atoms with Crippen LogP contribution in [0.5, 0.6) is 0 Å². The van der Waals surface area contributed by atoms with Crippen molar-refractivity contribution in [3.05, 3.63) is 0 Å². The number of carbonyl (C=O) groups excluding carboxylic acids is 1. The van der Waals surface area contributed by atoms with Crippen molar-refractivity contribution in [2.75, 3.05) is 0 Å². The molecule has 0 saturated heterocycles. The standard InChI is InChI=1S/C18H36O4/c1-3-4-5-6-7-8-9-10-11-12-13-14-15-16-18(20,21)22-17(2)19/h20-21H,3-16H2,1-2H3. The van der Waals surface area contributed by atoms with Gasteiger partial charge < -0.3 is 14.9 Å². The monoisotopic (exact) mass is 316 g/mol. The number of hydrogen-bond acceptors (Lipinski definition) is 4.